The first-order chi connectivity index (χ1) is 14.1. The third kappa shape index (κ3) is 4.90. The molecule has 0 spiro atoms. The molecule has 1 aromatic heterocycles. The first kappa shape index (κ1) is 19.4. The summed E-state index contributed by atoms with van der Waals surface area (Å²) in [6, 6.07) is 12.9. The highest BCUT2D eigenvalue weighted by molar-refractivity contribution is 6.30. The summed E-state index contributed by atoms with van der Waals surface area (Å²) in [5.41, 5.74) is 1.22. The van der Waals surface area contributed by atoms with Crippen molar-refractivity contribution in [1.29, 1.82) is 0 Å². The predicted octanol–water partition coefficient (Wildman–Crippen LogP) is 3.88. The fourth-order valence-corrected chi connectivity index (χ4v) is 3.33. The molecule has 29 heavy (non-hydrogen) atoms. The molecule has 4 rings (SSSR count). The highest BCUT2D eigenvalue weighted by Crippen LogP contribution is 2.19. The molecule has 0 aliphatic carbocycles. The largest absolute Gasteiger partial charge is 0.334 e. The van der Waals surface area contributed by atoms with Crippen LogP contribution in [0.2, 0.25) is 5.02 Å². The predicted molar refractivity (Wildman–Crippen MR) is 107 cm³/mol. The van der Waals surface area contributed by atoms with Crippen molar-refractivity contribution >= 4 is 23.3 Å². The van der Waals surface area contributed by atoms with E-state index in [1.54, 1.807) is 41.3 Å². The number of carbonyl (C=O) groups is 1. The van der Waals surface area contributed by atoms with Gasteiger partial charge < -0.3 is 14.7 Å². The van der Waals surface area contributed by atoms with E-state index in [1.807, 2.05) is 0 Å². The van der Waals surface area contributed by atoms with Crippen molar-refractivity contribution < 1.29 is 13.7 Å². The van der Waals surface area contributed by atoms with Gasteiger partial charge in [-0.1, -0.05) is 28.9 Å². The van der Waals surface area contributed by atoms with Crippen molar-refractivity contribution in [3.63, 3.8) is 0 Å². The van der Waals surface area contributed by atoms with E-state index < -0.39 is 0 Å². The van der Waals surface area contributed by atoms with Crippen molar-refractivity contribution in [3.8, 4) is 11.5 Å². The lowest BCUT2D eigenvalue weighted by Gasteiger charge is -2.34. The summed E-state index contributed by atoms with van der Waals surface area (Å²) >= 11 is 5.95. The Morgan fingerprint density at radius 1 is 1.14 bits per heavy atom. The van der Waals surface area contributed by atoms with Crippen molar-refractivity contribution in [1.82, 2.24) is 19.9 Å². The molecule has 0 atom stereocenters. The van der Waals surface area contributed by atoms with Crippen LogP contribution in [0, 0.1) is 5.82 Å². The maximum atomic E-state index is 13.3. The van der Waals surface area contributed by atoms with Crippen LogP contribution in [0.1, 0.15) is 5.82 Å². The number of nitrogens with one attached hydrogen (secondary N) is 1. The number of anilines is 1. The highest BCUT2D eigenvalue weighted by Gasteiger charge is 2.22. The van der Waals surface area contributed by atoms with Crippen LogP contribution >= 0.6 is 11.6 Å². The Kier molecular flexibility index (Phi) is 5.73. The number of hydrogen-bond donors (Lipinski definition) is 1. The molecule has 150 valence electrons. The van der Waals surface area contributed by atoms with Crippen molar-refractivity contribution in [2.45, 2.75) is 6.54 Å². The van der Waals surface area contributed by atoms with Crippen LogP contribution < -0.4 is 5.32 Å². The minimum atomic E-state index is -0.352. The van der Waals surface area contributed by atoms with Crippen molar-refractivity contribution in [2.24, 2.45) is 0 Å². The van der Waals surface area contributed by atoms with E-state index in [9.17, 15) is 9.18 Å². The number of piperazine rings is 1. The second-order valence-electron chi connectivity index (χ2n) is 6.73. The summed E-state index contributed by atoms with van der Waals surface area (Å²) in [4.78, 5) is 20.7. The Morgan fingerprint density at radius 3 is 2.69 bits per heavy atom. The van der Waals surface area contributed by atoms with Gasteiger partial charge in [-0.2, -0.15) is 4.98 Å². The summed E-state index contributed by atoms with van der Waals surface area (Å²) in [5.74, 6) is 0.467. The molecule has 3 aromatic rings. The molecule has 1 fully saturated rings. The van der Waals surface area contributed by atoms with Crippen LogP contribution in [0.15, 0.2) is 53.1 Å². The second kappa shape index (κ2) is 8.59. The zero-order chi connectivity index (χ0) is 20.2. The topological polar surface area (TPSA) is 74.5 Å². The Balaban J connectivity index is 1.29. The van der Waals surface area contributed by atoms with Crippen molar-refractivity contribution in [3.05, 3.63) is 65.2 Å². The maximum absolute atomic E-state index is 13.3. The third-order valence-corrected chi connectivity index (χ3v) is 4.88. The Labute approximate surface area is 172 Å². The zero-order valence-electron chi connectivity index (χ0n) is 15.5. The fourth-order valence-electron chi connectivity index (χ4n) is 3.13. The number of urea groups is 1. The monoisotopic (exact) mass is 415 g/mol. The van der Waals surface area contributed by atoms with E-state index in [2.05, 4.69) is 20.4 Å². The lowest BCUT2D eigenvalue weighted by Crippen LogP contribution is -2.49. The number of carbonyl (C=O) groups excluding carboxylic acids is 1. The zero-order valence-corrected chi connectivity index (χ0v) is 16.3. The van der Waals surface area contributed by atoms with Gasteiger partial charge in [0, 0.05) is 42.5 Å². The smallest absolute Gasteiger partial charge is 0.321 e. The summed E-state index contributed by atoms with van der Waals surface area (Å²) in [6.07, 6.45) is 0. The fraction of sp³-hybridized carbons (Fsp3) is 0.250. The summed E-state index contributed by atoms with van der Waals surface area (Å²) in [6.45, 7) is 3.05. The number of amides is 2. The minimum absolute atomic E-state index is 0.153. The van der Waals surface area contributed by atoms with Gasteiger partial charge in [-0.3, -0.25) is 4.90 Å². The summed E-state index contributed by atoms with van der Waals surface area (Å²) in [5, 5.41) is 7.41. The van der Waals surface area contributed by atoms with E-state index in [1.165, 1.54) is 12.1 Å². The molecule has 0 radical (unpaired) electrons. The molecule has 1 aliphatic rings. The van der Waals surface area contributed by atoms with E-state index in [-0.39, 0.29) is 11.8 Å². The summed E-state index contributed by atoms with van der Waals surface area (Å²) < 4.78 is 18.6. The number of aromatic nitrogens is 2. The Morgan fingerprint density at radius 2 is 1.93 bits per heavy atom. The second-order valence-corrected chi connectivity index (χ2v) is 7.17. The van der Waals surface area contributed by atoms with Gasteiger partial charge in [0.2, 0.25) is 0 Å². The van der Waals surface area contributed by atoms with Gasteiger partial charge in [0.05, 0.1) is 6.54 Å². The van der Waals surface area contributed by atoms with Crippen LogP contribution in [0.4, 0.5) is 14.9 Å². The molecule has 0 unspecified atom stereocenters. The van der Waals surface area contributed by atoms with Crippen molar-refractivity contribution in [2.75, 3.05) is 31.5 Å². The number of nitrogens with zero attached hydrogens (tertiary/aromatic N) is 4. The Bertz CT molecular complexity index is 1000. The molecule has 1 N–H and O–H groups in total. The van der Waals surface area contributed by atoms with Crippen LogP contribution in [0.5, 0.6) is 0 Å². The lowest BCUT2D eigenvalue weighted by atomic mass is 10.2. The van der Waals surface area contributed by atoms with Gasteiger partial charge in [0.25, 0.3) is 5.89 Å². The van der Waals surface area contributed by atoms with E-state index in [4.69, 9.17) is 16.1 Å². The first-order valence-corrected chi connectivity index (χ1v) is 9.57. The quantitative estimate of drug-likeness (QED) is 0.700. The highest BCUT2D eigenvalue weighted by atomic mass is 35.5. The van der Waals surface area contributed by atoms with Crippen LogP contribution in [-0.4, -0.2) is 52.2 Å². The minimum Gasteiger partial charge on any atom is -0.334 e. The molecular formula is C20H19ClFN5O2. The number of benzene rings is 2. The average molecular weight is 416 g/mol. The molecule has 0 saturated carbocycles. The first-order valence-electron chi connectivity index (χ1n) is 9.19. The SMILES string of the molecule is O=C(Nc1cccc(Cl)c1)N1CCN(Cc2noc(-c3cccc(F)c3)n2)CC1. The van der Waals surface area contributed by atoms with Gasteiger partial charge in [-0.15, -0.1) is 0 Å². The average Bonchev–Trinajstić information content (AvgIpc) is 3.17. The van der Waals surface area contributed by atoms with Gasteiger partial charge in [0.15, 0.2) is 5.82 Å². The Hall–Kier alpha value is -2.97. The van der Waals surface area contributed by atoms with Gasteiger partial charge in [-0.05, 0) is 36.4 Å². The van der Waals surface area contributed by atoms with E-state index in [0.717, 1.165) is 0 Å². The molecule has 7 nitrogen and oxygen atoms in total. The molecule has 9 heteroatoms. The third-order valence-electron chi connectivity index (χ3n) is 4.64. The van der Waals surface area contributed by atoms with Crippen LogP contribution in [-0.2, 0) is 6.54 Å². The molecule has 2 amide bonds. The lowest BCUT2D eigenvalue weighted by molar-refractivity contribution is 0.140. The van der Waals surface area contributed by atoms with Gasteiger partial charge >= 0.3 is 6.03 Å². The molecule has 1 saturated heterocycles. The van der Waals surface area contributed by atoms with Gasteiger partial charge in [0.1, 0.15) is 5.82 Å². The van der Waals surface area contributed by atoms with Gasteiger partial charge in [-0.25, -0.2) is 9.18 Å². The number of hydrogen-bond acceptors (Lipinski definition) is 5. The summed E-state index contributed by atoms with van der Waals surface area (Å²) in [7, 11) is 0. The molecule has 2 heterocycles. The number of rotatable bonds is 4. The normalized spacial score (nSPS) is 14.8. The molecule has 2 aromatic carbocycles. The van der Waals surface area contributed by atoms with Crippen LogP contribution in [0.25, 0.3) is 11.5 Å². The molecular weight excluding hydrogens is 397 g/mol. The molecule has 1 aliphatic heterocycles. The number of halogens is 2. The maximum Gasteiger partial charge on any atom is 0.321 e. The van der Waals surface area contributed by atoms with E-state index >= 15 is 0 Å². The standard InChI is InChI=1S/C20H19ClFN5O2/c21-15-4-2-6-17(12-15)23-20(28)27-9-7-26(8-10-27)13-18-24-19(29-25-18)14-3-1-5-16(22)11-14/h1-6,11-12H,7-10,13H2,(H,23,28). The molecule has 0 bridgehead atoms. The van der Waals surface area contributed by atoms with Crippen LogP contribution in [0.3, 0.4) is 0 Å². The van der Waals surface area contributed by atoms with E-state index in [0.29, 0.717) is 60.7 Å².